The summed E-state index contributed by atoms with van der Waals surface area (Å²) in [5.41, 5.74) is 1.34. The number of aromatic nitrogens is 2. The molecular formula is C11H7BrClFN2. The summed E-state index contributed by atoms with van der Waals surface area (Å²) in [5, 5.41) is 0. The molecule has 1 heterocycles. The maximum absolute atomic E-state index is 13.2. The standard InChI is InChI=1S/C11H7BrClFN2/c12-8-3-7(4-9(14)5-8)11-15-2-1-10(6-13)16-11/h1-5H,6H2. The first kappa shape index (κ1) is 11.5. The van der Waals surface area contributed by atoms with Crippen LogP contribution in [0.5, 0.6) is 0 Å². The Kier molecular flexibility index (Phi) is 3.51. The van der Waals surface area contributed by atoms with E-state index in [9.17, 15) is 4.39 Å². The Hall–Kier alpha value is -1.00. The molecule has 2 aromatic rings. The van der Waals surface area contributed by atoms with Gasteiger partial charge in [-0.3, -0.25) is 0 Å². The molecule has 2 rings (SSSR count). The number of alkyl halides is 1. The van der Waals surface area contributed by atoms with Gasteiger partial charge >= 0.3 is 0 Å². The first-order chi connectivity index (χ1) is 7.69. The molecule has 0 atom stereocenters. The molecular weight excluding hydrogens is 294 g/mol. The van der Waals surface area contributed by atoms with Crippen LogP contribution in [-0.4, -0.2) is 9.97 Å². The highest BCUT2D eigenvalue weighted by atomic mass is 79.9. The summed E-state index contributed by atoms with van der Waals surface area (Å²) in [6.45, 7) is 0. The molecule has 0 N–H and O–H groups in total. The largest absolute Gasteiger partial charge is 0.237 e. The van der Waals surface area contributed by atoms with E-state index >= 15 is 0 Å². The van der Waals surface area contributed by atoms with Gasteiger partial charge in [0.25, 0.3) is 0 Å². The van der Waals surface area contributed by atoms with Crippen LogP contribution in [0.4, 0.5) is 4.39 Å². The van der Waals surface area contributed by atoms with Gasteiger partial charge in [0.15, 0.2) is 5.82 Å². The van der Waals surface area contributed by atoms with Gasteiger partial charge in [-0.1, -0.05) is 15.9 Å². The first-order valence-corrected chi connectivity index (χ1v) is 5.86. The minimum Gasteiger partial charge on any atom is -0.237 e. The van der Waals surface area contributed by atoms with Crippen LogP contribution in [0, 0.1) is 5.82 Å². The Morgan fingerprint density at radius 1 is 1.31 bits per heavy atom. The highest BCUT2D eigenvalue weighted by Crippen LogP contribution is 2.22. The molecule has 0 bridgehead atoms. The molecule has 0 radical (unpaired) electrons. The first-order valence-electron chi connectivity index (χ1n) is 4.53. The van der Waals surface area contributed by atoms with Crippen LogP contribution >= 0.6 is 27.5 Å². The molecule has 82 valence electrons. The molecule has 2 nitrogen and oxygen atoms in total. The predicted octanol–water partition coefficient (Wildman–Crippen LogP) is 3.78. The lowest BCUT2D eigenvalue weighted by atomic mass is 10.2. The van der Waals surface area contributed by atoms with Gasteiger partial charge in [-0.25, -0.2) is 14.4 Å². The molecule has 0 saturated carbocycles. The third-order valence-electron chi connectivity index (χ3n) is 1.97. The van der Waals surface area contributed by atoms with E-state index < -0.39 is 0 Å². The predicted molar refractivity (Wildman–Crippen MR) is 64.7 cm³/mol. The second kappa shape index (κ2) is 4.89. The van der Waals surface area contributed by atoms with Crippen molar-refractivity contribution >= 4 is 27.5 Å². The quantitative estimate of drug-likeness (QED) is 0.789. The van der Waals surface area contributed by atoms with Gasteiger partial charge < -0.3 is 0 Å². The molecule has 0 aliphatic carbocycles. The van der Waals surface area contributed by atoms with E-state index in [1.165, 1.54) is 12.1 Å². The van der Waals surface area contributed by atoms with Crippen molar-refractivity contribution in [1.82, 2.24) is 9.97 Å². The fraction of sp³-hybridized carbons (Fsp3) is 0.0909. The van der Waals surface area contributed by atoms with Gasteiger partial charge in [-0.2, -0.15) is 0 Å². The lowest BCUT2D eigenvalue weighted by Crippen LogP contribution is -1.93. The Morgan fingerprint density at radius 3 is 2.81 bits per heavy atom. The molecule has 5 heteroatoms. The van der Waals surface area contributed by atoms with Crippen molar-refractivity contribution in [3.63, 3.8) is 0 Å². The van der Waals surface area contributed by atoms with E-state index in [4.69, 9.17) is 11.6 Å². The van der Waals surface area contributed by atoms with Crippen molar-refractivity contribution < 1.29 is 4.39 Å². The van der Waals surface area contributed by atoms with Crippen molar-refractivity contribution in [2.24, 2.45) is 0 Å². The molecule has 0 aliphatic heterocycles. The van der Waals surface area contributed by atoms with Crippen LogP contribution in [-0.2, 0) is 5.88 Å². The van der Waals surface area contributed by atoms with E-state index in [0.717, 1.165) is 0 Å². The summed E-state index contributed by atoms with van der Waals surface area (Å²) in [4.78, 5) is 8.30. The maximum atomic E-state index is 13.2. The van der Waals surface area contributed by atoms with E-state index in [1.54, 1.807) is 18.3 Å². The van der Waals surface area contributed by atoms with Crippen molar-refractivity contribution in [2.75, 3.05) is 0 Å². The molecule has 0 saturated heterocycles. The average molecular weight is 302 g/mol. The summed E-state index contributed by atoms with van der Waals surface area (Å²) < 4.78 is 13.8. The van der Waals surface area contributed by atoms with Gasteiger partial charge in [0, 0.05) is 16.2 Å². The van der Waals surface area contributed by atoms with Crippen LogP contribution in [0.1, 0.15) is 5.69 Å². The fourth-order valence-corrected chi connectivity index (χ4v) is 1.91. The van der Waals surface area contributed by atoms with Crippen LogP contribution < -0.4 is 0 Å². The number of benzene rings is 1. The Bertz CT molecular complexity index is 499. The van der Waals surface area contributed by atoms with Gasteiger partial charge in [0.2, 0.25) is 0 Å². The minimum absolute atomic E-state index is 0.312. The fourth-order valence-electron chi connectivity index (χ4n) is 1.29. The average Bonchev–Trinajstić information content (AvgIpc) is 2.28. The number of hydrogen-bond donors (Lipinski definition) is 0. The zero-order chi connectivity index (χ0) is 11.5. The summed E-state index contributed by atoms with van der Waals surface area (Å²) in [5.74, 6) is 0.453. The maximum Gasteiger partial charge on any atom is 0.159 e. The number of rotatable bonds is 2. The van der Waals surface area contributed by atoms with Gasteiger partial charge in [0.1, 0.15) is 5.82 Å². The smallest absolute Gasteiger partial charge is 0.159 e. The van der Waals surface area contributed by atoms with Crippen molar-refractivity contribution in [2.45, 2.75) is 5.88 Å². The van der Waals surface area contributed by atoms with Gasteiger partial charge in [0.05, 0.1) is 11.6 Å². The highest BCUT2D eigenvalue weighted by molar-refractivity contribution is 9.10. The van der Waals surface area contributed by atoms with Crippen LogP contribution in [0.15, 0.2) is 34.9 Å². The molecule has 1 aromatic carbocycles. The van der Waals surface area contributed by atoms with Crippen molar-refractivity contribution in [1.29, 1.82) is 0 Å². The van der Waals surface area contributed by atoms with Crippen LogP contribution in [0.2, 0.25) is 0 Å². The number of halogens is 3. The summed E-state index contributed by atoms with van der Waals surface area (Å²) in [6, 6.07) is 6.26. The van der Waals surface area contributed by atoms with E-state index in [0.29, 0.717) is 27.4 Å². The topological polar surface area (TPSA) is 25.8 Å². The monoisotopic (exact) mass is 300 g/mol. The van der Waals surface area contributed by atoms with Gasteiger partial charge in [-0.15, -0.1) is 11.6 Å². The molecule has 0 aliphatic rings. The second-order valence-corrected chi connectivity index (χ2v) is 4.35. The van der Waals surface area contributed by atoms with Crippen molar-refractivity contribution in [3.8, 4) is 11.4 Å². The molecule has 0 amide bonds. The molecule has 0 fully saturated rings. The van der Waals surface area contributed by atoms with E-state index in [-0.39, 0.29) is 5.82 Å². The van der Waals surface area contributed by atoms with Crippen molar-refractivity contribution in [3.05, 3.63) is 46.4 Å². The zero-order valence-electron chi connectivity index (χ0n) is 8.12. The Morgan fingerprint density at radius 2 is 2.12 bits per heavy atom. The lowest BCUT2D eigenvalue weighted by molar-refractivity contribution is 0.627. The SMILES string of the molecule is Fc1cc(Br)cc(-c2nccc(CCl)n2)c1. The Balaban J connectivity index is 2.49. The lowest BCUT2D eigenvalue weighted by Gasteiger charge is -2.02. The Labute approximate surface area is 106 Å². The normalized spacial score (nSPS) is 10.4. The summed E-state index contributed by atoms with van der Waals surface area (Å²) in [7, 11) is 0. The van der Waals surface area contributed by atoms with Gasteiger partial charge in [-0.05, 0) is 24.3 Å². The molecule has 16 heavy (non-hydrogen) atoms. The summed E-state index contributed by atoms with van der Waals surface area (Å²) in [6.07, 6.45) is 1.61. The third-order valence-corrected chi connectivity index (χ3v) is 2.70. The molecule has 0 unspecified atom stereocenters. The third kappa shape index (κ3) is 2.57. The minimum atomic E-state index is -0.329. The second-order valence-electron chi connectivity index (χ2n) is 3.16. The van der Waals surface area contributed by atoms with Crippen LogP contribution in [0.3, 0.4) is 0 Å². The van der Waals surface area contributed by atoms with E-state index in [1.807, 2.05) is 0 Å². The number of hydrogen-bond acceptors (Lipinski definition) is 2. The van der Waals surface area contributed by atoms with Crippen LogP contribution in [0.25, 0.3) is 11.4 Å². The highest BCUT2D eigenvalue weighted by Gasteiger charge is 2.05. The summed E-state index contributed by atoms with van der Waals surface area (Å²) >= 11 is 8.90. The molecule has 1 aromatic heterocycles. The zero-order valence-corrected chi connectivity index (χ0v) is 10.5. The van der Waals surface area contributed by atoms with E-state index in [2.05, 4.69) is 25.9 Å². The molecule has 0 spiro atoms. The number of nitrogens with zero attached hydrogens (tertiary/aromatic N) is 2.